The number of rotatable bonds is 3. The Morgan fingerprint density at radius 3 is 2.33 bits per heavy atom. The van der Waals surface area contributed by atoms with Gasteiger partial charge in [0.25, 0.3) is 5.91 Å². The molecule has 0 bridgehead atoms. The molecule has 1 aliphatic rings. The number of carbonyl (C=O) groups is 1. The molecule has 1 unspecified atom stereocenters. The maximum absolute atomic E-state index is 13.7. The topological polar surface area (TPSA) is 50.5 Å². The SMILES string of the molecule is Cc1cc2oc3c(c(=O)c2cc1C)C(c1ccc(Cl)c(Cl)c1)N(Cc1ccccc1Cl)C3=O. The van der Waals surface area contributed by atoms with Gasteiger partial charge in [-0.25, -0.2) is 0 Å². The van der Waals surface area contributed by atoms with Crippen molar-refractivity contribution < 1.29 is 9.21 Å². The van der Waals surface area contributed by atoms with E-state index in [9.17, 15) is 9.59 Å². The minimum Gasteiger partial charge on any atom is -0.450 e. The molecule has 1 aliphatic heterocycles. The molecular formula is C26H18Cl3NO3. The van der Waals surface area contributed by atoms with Crippen molar-refractivity contribution in [2.75, 3.05) is 0 Å². The first-order valence-corrected chi connectivity index (χ1v) is 11.5. The predicted octanol–water partition coefficient (Wildman–Crippen LogP) is 7.12. The van der Waals surface area contributed by atoms with Gasteiger partial charge in [0.1, 0.15) is 5.58 Å². The standard InChI is InChI=1S/C26H18Cl3NO3/c1-13-9-17-21(10-14(13)2)33-25-22(24(17)31)23(15-7-8-19(28)20(29)11-15)30(26(25)32)12-16-5-3-4-6-18(16)27/h3-11,23H,12H2,1-2H3. The number of aryl methyl sites for hydroxylation is 2. The van der Waals surface area contributed by atoms with Gasteiger partial charge in [-0.15, -0.1) is 0 Å². The van der Waals surface area contributed by atoms with E-state index in [-0.39, 0.29) is 23.6 Å². The van der Waals surface area contributed by atoms with Crippen LogP contribution in [0.4, 0.5) is 0 Å². The Morgan fingerprint density at radius 1 is 0.879 bits per heavy atom. The second kappa shape index (κ2) is 8.21. The van der Waals surface area contributed by atoms with E-state index in [1.54, 1.807) is 35.2 Å². The van der Waals surface area contributed by atoms with Crippen LogP contribution in [0.2, 0.25) is 15.1 Å². The largest absolute Gasteiger partial charge is 0.450 e. The number of carbonyl (C=O) groups excluding carboxylic acids is 1. The first kappa shape index (κ1) is 22.0. The van der Waals surface area contributed by atoms with Gasteiger partial charge in [-0.2, -0.15) is 0 Å². The van der Waals surface area contributed by atoms with Crippen molar-refractivity contribution >= 4 is 51.7 Å². The molecule has 1 aromatic heterocycles. The zero-order valence-electron chi connectivity index (χ0n) is 17.8. The van der Waals surface area contributed by atoms with Gasteiger partial charge in [-0.3, -0.25) is 9.59 Å². The van der Waals surface area contributed by atoms with E-state index < -0.39 is 6.04 Å². The number of halogens is 3. The van der Waals surface area contributed by atoms with Gasteiger partial charge in [-0.05, 0) is 66.4 Å². The lowest BCUT2D eigenvalue weighted by atomic mass is 9.97. The van der Waals surface area contributed by atoms with E-state index in [0.717, 1.165) is 16.7 Å². The molecule has 0 spiro atoms. The predicted molar refractivity (Wildman–Crippen MR) is 132 cm³/mol. The molecule has 4 nitrogen and oxygen atoms in total. The minimum absolute atomic E-state index is 0.0406. The molecule has 2 heterocycles. The first-order chi connectivity index (χ1) is 15.8. The first-order valence-electron chi connectivity index (χ1n) is 10.3. The van der Waals surface area contributed by atoms with Crippen molar-refractivity contribution in [1.82, 2.24) is 4.90 Å². The van der Waals surface area contributed by atoms with Crippen LogP contribution in [0.5, 0.6) is 0 Å². The average Bonchev–Trinajstić information content (AvgIpc) is 3.05. The van der Waals surface area contributed by atoms with Crippen molar-refractivity contribution in [1.29, 1.82) is 0 Å². The summed E-state index contributed by atoms with van der Waals surface area (Å²) in [7, 11) is 0. The van der Waals surface area contributed by atoms with E-state index >= 15 is 0 Å². The maximum atomic E-state index is 13.7. The summed E-state index contributed by atoms with van der Waals surface area (Å²) < 4.78 is 6.05. The molecule has 3 aromatic carbocycles. The zero-order valence-corrected chi connectivity index (χ0v) is 20.1. The molecule has 7 heteroatoms. The number of nitrogens with zero attached hydrogens (tertiary/aromatic N) is 1. The molecule has 4 aromatic rings. The van der Waals surface area contributed by atoms with Crippen molar-refractivity contribution in [2.45, 2.75) is 26.4 Å². The Morgan fingerprint density at radius 2 is 1.61 bits per heavy atom. The number of benzene rings is 3. The third-order valence-electron chi connectivity index (χ3n) is 6.14. The van der Waals surface area contributed by atoms with Crippen LogP contribution in [0.1, 0.15) is 44.4 Å². The molecule has 0 fully saturated rings. The highest BCUT2D eigenvalue weighted by Gasteiger charge is 2.43. The molecule has 5 rings (SSSR count). The van der Waals surface area contributed by atoms with Crippen LogP contribution in [0.25, 0.3) is 11.0 Å². The third kappa shape index (κ3) is 3.63. The van der Waals surface area contributed by atoms with E-state index in [4.69, 9.17) is 39.2 Å². The Kier molecular flexibility index (Phi) is 5.48. The van der Waals surface area contributed by atoms with E-state index in [0.29, 0.717) is 37.2 Å². The highest BCUT2D eigenvalue weighted by molar-refractivity contribution is 6.42. The average molecular weight is 499 g/mol. The summed E-state index contributed by atoms with van der Waals surface area (Å²) in [6.07, 6.45) is 0. The lowest BCUT2D eigenvalue weighted by Gasteiger charge is -2.26. The third-order valence-corrected chi connectivity index (χ3v) is 7.25. The summed E-state index contributed by atoms with van der Waals surface area (Å²) in [6.45, 7) is 4.07. The smallest absolute Gasteiger partial charge is 0.291 e. The monoisotopic (exact) mass is 497 g/mol. The zero-order chi connectivity index (χ0) is 23.4. The summed E-state index contributed by atoms with van der Waals surface area (Å²) >= 11 is 18.8. The summed E-state index contributed by atoms with van der Waals surface area (Å²) in [4.78, 5) is 28.9. The Hall–Kier alpha value is -2.79. The maximum Gasteiger partial charge on any atom is 0.291 e. The molecule has 0 aliphatic carbocycles. The fourth-order valence-electron chi connectivity index (χ4n) is 4.28. The van der Waals surface area contributed by atoms with Crippen LogP contribution >= 0.6 is 34.8 Å². The highest BCUT2D eigenvalue weighted by Crippen LogP contribution is 2.41. The van der Waals surface area contributed by atoms with Crippen molar-refractivity contribution in [2.24, 2.45) is 0 Å². The minimum atomic E-state index is -0.694. The molecule has 33 heavy (non-hydrogen) atoms. The van der Waals surface area contributed by atoms with Gasteiger partial charge in [0.05, 0.1) is 27.0 Å². The summed E-state index contributed by atoms with van der Waals surface area (Å²) in [6, 6.07) is 15.3. The quantitative estimate of drug-likeness (QED) is 0.302. The van der Waals surface area contributed by atoms with Gasteiger partial charge < -0.3 is 9.32 Å². The van der Waals surface area contributed by atoms with Gasteiger partial charge in [0.15, 0.2) is 5.43 Å². The number of amides is 1. The van der Waals surface area contributed by atoms with Crippen LogP contribution in [0.15, 0.2) is 63.8 Å². The Labute approximate surface area is 205 Å². The lowest BCUT2D eigenvalue weighted by Crippen LogP contribution is -2.29. The van der Waals surface area contributed by atoms with E-state index in [2.05, 4.69) is 0 Å². The van der Waals surface area contributed by atoms with Gasteiger partial charge in [0.2, 0.25) is 5.76 Å². The van der Waals surface area contributed by atoms with Crippen molar-refractivity contribution in [3.05, 3.63) is 113 Å². The molecule has 0 saturated carbocycles. The lowest BCUT2D eigenvalue weighted by molar-refractivity contribution is 0.0714. The molecule has 0 radical (unpaired) electrons. The van der Waals surface area contributed by atoms with Crippen LogP contribution in [-0.2, 0) is 6.54 Å². The molecule has 1 atom stereocenters. The van der Waals surface area contributed by atoms with Crippen LogP contribution in [0, 0.1) is 13.8 Å². The second-order valence-corrected chi connectivity index (χ2v) is 9.43. The normalized spacial score (nSPS) is 15.4. The van der Waals surface area contributed by atoms with Crippen LogP contribution in [-0.4, -0.2) is 10.8 Å². The molecule has 0 N–H and O–H groups in total. The number of fused-ring (bicyclic) bond motifs is 2. The van der Waals surface area contributed by atoms with Gasteiger partial charge in [0, 0.05) is 11.6 Å². The fourth-order valence-corrected chi connectivity index (χ4v) is 4.78. The van der Waals surface area contributed by atoms with E-state index in [1.165, 1.54) is 0 Å². The van der Waals surface area contributed by atoms with Crippen molar-refractivity contribution in [3.63, 3.8) is 0 Å². The Bertz CT molecular complexity index is 1510. The fraction of sp³-hybridized carbons (Fsp3) is 0.154. The molecular weight excluding hydrogens is 481 g/mol. The summed E-state index contributed by atoms with van der Waals surface area (Å²) in [5.41, 5.74) is 3.82. The molecule has 0 saturated heterocycles. The second-order valence-electron chi connectivity index (χ2n) is 8.21. The number of hydrogen-bond donors (Lipinski definition) is 0. The Balaban J connectivity index is 1.77. The highest BCUT2D eigenvalue weighted by atomic mass is 35.5. The van der Waals surface area contributed by atoms with Crippen LogP contribution in [0.3, 0.4) is 0 Å². The molecule has 166 valence electrons. The summed E-state index contributed by atoms with van der Waals surface area (Å²) in [5.74, 6) is -0.336. The molecule has 1 amide bonds. The van der Waals surface area contributed by atoms with Crippen LogP contribution < -0.4 is 5.43 Å². The van der Waals surface area contributed by atoms with E-state index in [1.807, 2.05) is 38.1 Å². The summed E-state index contributed by atoms with van der Waals surface area (Å²) in [5, 5.41) is 1.70. The van der Waals surface area contributed by atoms with Crippen molar-refractivity contribution in [3.8, 4) is 0 Å². The van der Waals surface area contributed by atoms with Gasteiger partial charge in [-0.1, -0.05) is 59.1 Å². The van der Waals surface area contributed by atoms with Gasteiger partial charge >= 0.3 is 0 Å². The number of hydrogen-bond acceptors (Lipinski definition) is 3.